The number of fused-ring (bicyclic) bond motifs is 1. The number of rotatable bonds is 13. The molecule has 1 aliphatic rings. The van der Waals surface area contributed by atoms with E-state index in [9.17, 15) is 14.7 Å². The zero-order chi connectivity index (χ0) is 27.8. The molecule has 0 saturated carbocycles. The van der Waals surface area contributed by atoms with Crippen LogP contribution in [0.15, 0.2) is 66.7 Å². The molecule has 1 unspecified atom stereocenters. The quantitative estimate of drug-likeness (QED) is 0.258. The van der Waals surface area contributed by atoms with E-state index in [0.717, 1.165) is 35.5 Å². The van der Waals surface area contributed by atoms with Crippen LogP contribution in [0.1, 0.15) is 45.5 Å². The highest BCUT2D eigenvalue weighted by atomic mass is 16.5. The summed E-state index contributed by atoms with van der Waals surface area (Å²) in [6.07, 6.45) is 1.93. The highest BCUT2D eigenvalue weighted by Crippen LogP contribution is 2.30. The Bertz CT molecular complexity index is 1250. The third-order valence-corrected chi connectivity index (χ3v) is 7.42. The molecule has 3 aromatic carbocycles. The first kappa shape index (κ1) is 28.3. The van der Waals surface area contributed by atoms with Crippen LogP contribution in [0.25, 0.3) is 0 Å². The molecule has 0 amide bonds. The molecular weight excluding hydrogens is 494 g/mol. The molecule has 0 spiro atoms. The second kappa shape index (κ2) is 13.4. The van der Waals surface area contributed by atoms with Crippen LogP contribution in [0.2, 0.25) is 0 Å². The van der Waals surface area contributed by atoms with Crippen LogP contribution in [0.3, 0.4) is 0 Å². The molecule has 0 bridgehead atoms. The number of hydrogen-bond donors (Lipinski definition) is 1. The second-order valence-corrected chi connectivity index (χ2v) is 10.0. The average molecular weight is 532 g/mol. The number of carbonyl (C=O) groups is 2. The molecule has 0 radical (unpaired) electrons. The normalized spacial score (nSPS) is 13.7. The number of ether oxygens (including phenoxy) is 3. The fraction of sp³-hybridized carbons (Fsp3) is 0.375. The first-order valence-corrected chi connectivity index (χ1v) is 13.3. The van der Waals surface area contributed by atoms with Crippen LogP contribution in [-0.4, -0.2) is 61.8 Å². The molecule has 4 rings (SSSR count). The fourth-order valence-electron chi connectivity index (χ4n) is 5.19. The van der Waals surface area contributed by atoms with Gasteiger partial charge in [0.15, 0.2) is 5.78 Å². The van der Waals surface area contributed by atoms with Crippen LogP contribution < -0.4 is 9.47 Å². The minimum absolute atomic E-state index is 0.0321. The molecule has 0 saturated heterocycles. The Labute approximate surface area is 230 Å². The molecule has 206 valence electrons. The topological polar surface area (TPSA) is 85.3 Å². The molecule has 0 aromatic heterocycles. The molecule has 39 heavy (non-hydrogen) atoms. The Hall–Kier alpha value is -3.68. The number of aliphatic hydroxyl groups excluding tert-OH is 1. The number of Topliss-reactive ketones (excluding diaryl/α,β-unsaturated/α-hetero) is 1. The first-order chi connectivity index (χ1) is 18.9. The lowest BCUT2D eigenvalue weighted by Crippen LogP contribution is -2.41. The van der Waals surface area contributed by atoms with Gasteiger partial charge >= 0.3 is 5.97 Å². The number of methoxy groups -OCH3 is 3. The first-order valence-electron chi connectivity index (χ1n) is 13.3. The van der Waals surface area contributed by atoms with E-state index in [1.807, 2.05) is 18.2 Å². The van der Waals surface area contributed by atoms with Crippen molar-refractivity contribution in [2.24, 2.45) is 0 Å². The minimum Gasteiger partial charge on any atom is -0.497 e. The van der Waals surface area contributed by atoms with Crippen molar-refractivity contribution in [2.45, 2.75) is 50.8 Å². The largest absolute Gasteiger partial charge is 0.497 e. The predicted octanol–water partition coefficient (Wildman–Crippen LogP) is 4.41. The third-order valence-electron chi connectivity index (χ3n) is 7.42. The highest BCUT2D eigenvalue weighted by molar-refractivity contribution is 5.96. The van der Waals surface area contributed by atoms with Crippen molar-refractivity contribution >= 4 is 11.8 Å². The smallest absolute Gasteiger partial charge is 0.309 e. The Kier molecular flexibility index (Phi) is 9.74. The number of nitrogens with zero attached hydrogens (tertiary/aromatic N) is 1. The number of ketones is 1. The van der Waals surface area contributed by atoms with Crippen molar-refractivity contribution in [3.05, 3.63) is 94.5 Å². The van der Waals surface area contributed by atoms with Crippen LogP contribution in [0.4, 0.5) is 0 Å². The van der Waals surface area contributed by atoms with Crippen molar-refractivity contribution in [1.29, 1.82) is 0 Å². The Morgan fingerprint density at radius 1 is 0.949 bits per heavy atom. The monoisotopic (exact) mass is 531 g/mol. The van der Waals surface area contributed by atoms with Crippen LogP contribution in [0.5, 0.6) is 11.5 Å². The van der Waals surface area contributed by atoms with Crippen molar-refractivity contribution in [1.82, 2.24) is 4.90 Å². The molecule has 1 N–H and O–H groups in total. The van der Waals surface area contributed by atoms with Gasteiger partial charge in [-0.25, -0.2) is 0 Å². The van der Waals surface area contributed by atoms with Crippen LogP contribution >= 0.6 is 0 Å². The minimum atomic E-state index is -0.666. The number of esters is 1. The maximum atomic E-state index is 12.8. The summed E-state index contributed by atoms with van der Waals surface area (Å²) in [6, 6.07) is 21.5. The van der Waals surface area contributed by atoms with E-state index >= 15 is 0 Å². The number of aliphatic hydroxyl groups is 1. The molecule has 0 fully saturated rings. The van der Waals surface area contributed by atoms with Gasteiger partial charge in [0.2, 0.25) is 0 Å². The van der Waals surface area contributed by atoms with Gasteiger partial charge in [0, 0.05) is 42.7 Å². The van der Waals surface area contributed by atoms with Gasteiger partial charge in [-0.3, -0.25) is 14.5 Å². The lowest BCUT2D eigenvalue weighted by molar-refractivity contribution is -0.139. The van der Waals surface area contributed by atoms with Gasteiger partial charge in [-0.2, -0.15) is 0 Å². The van der Waals surface area contributed by atoms with Crippen molar-refractivity contribution in [3.8, 4) is 11.5 Å². The fourth-order valence-corrected chi connectivity index (χ4v) is 5.19. The third kappa shape index (κ3) is 7.46. The Morgan fingerprint density at radius 2 is 1.64 bits per heavy atom. The molecule has 0 heterocycles. The van der Waals surface area contributed by atoms with E-state index in [1.165, 1.54) is 18.2 Å². The van der Waals surface area contributed by atoms with Crippen LogP contribution in [-0.2, 0) is 35.3 Å². The van der Waals surface area contributed by atoms with Gasteiger partial charge < -0.3 is 19.3 Å². The summed E-state index contributed by atoms with van der Waals surface area (Å²) in [5, 5.41) is 11.1. The lowest BCUT2D eigenvalue weighted by Gasteiger charge is -2.31. The maximum Gasteiger partial charge on any atom is 0.309 e. The van der Waals surface area contributed by atoms with E-state index in [0.29, 0.717) is 25.1 Å². The van der Waals surface area contributed by atoms with Gasteiger partial charge in [-0.1, -0.05) is 54.6 Å². The summed E-state index contributed by atoms with van der Waals surface area (Å²) in [6.45, 7) is 1.05. The van der Waals surface area contributed by atoms with E-state index < -0.39 is 6.10 Å². The number of carbonyl (C=O) groups excluding carboxylic acids is 2. The summed E-state index contributed by atoms with van der Waals surface area (Å²) in [7, 11) is 4.63. The van der Waals surface area contributed by atoms with Crippen molar-refractivity contribution in [2.75, 3.05) is 27.9 Å². The molecule has 1 aliphatic carbocycles. The van der Waals surface area contributed by atoms with Crippen molar-refractivity contribution in [3.63, 3.8) is 0 Å². The van der Waals surface area contributed by atoms with Gasteiger partial charge in [0.1, 0.15) is 11.5 Å². The molecule has 1 atom stereocenters. The van der Waals surface area contributed by atoms with Gasteiger partial charge in [0.05, 0.1) is 33.9 Å². The lowest BCUT2D eigenvalue weighted by atomic mass is 10.0. The highest BCUT2D eigenvalue weighted by Gasteiger charge is 2.29. The summed E-state index contributed by atoms with van der Waals surface area (Å²) < 4.78 is 15.7. The zero-order valence-electron chi connectivity index (χ0n) is 22.9. The van der Waals surface area contributed by atoms with Crippen LogP contribution in [0, 0.1) is 0 Å². The predicted molar refractivity (Wildman–Crippen MR) is 149 cm³/mol. The summed E-state index contributed by atoms with van der Waals surface area (Å²) in [5.41, 5.74) is 5.07. The SMILES string of the molecule is COC(=O)Cc1ccc(C(=O)CCC(O)CN(Cc2ccc(OC)cc2OC)C2Cc3ccccc3C2)cc1. The molecule has 0 aliphatic heterocycles. The van der Waals surface area contributed by atoms with E-state index in [1.54, 1.807) is 38.5 Å². The summed E-state index contributed by atoms with van der Waals surface area (Å²) >= 11 is 0. The summed E-state index contributed by atoms with van der Waals surface area (Å²) in [5.74, 6) is 1.12. The Morgan fingerprint density at radius 3 is 2.26 bits per heavy atom. The molecular formula is C32H37NO6. The van der Waals surface area contributed by atoms with Crippen molar-refractivity contribution < 1.29 is 28.9 Å². The van der Waals surface area contributed by atoms with Gasteiger partial charge in [0.25, 0.3) is 0 Å². The zero-order valence-corrected chi connectivity index (χ0v) is 22.9. The van der Waals surface area contributed by atoms with E-state index in [-0.39, 0.29) is 30.6 Å². The maximum absolute atomic E-state index is 12.8. The van der Waals surface area contributed by atoms with Gasteiger partial charge in [-0.15, -0.1) is 0 Å². The molecule has 7 heteroatoms. The number of hydrogen-bond acceptors (Lipinski definition) is 7. The summed E-state index contributed by atoms with van der Waals surface area (Å²) in [4.78, 5) is 26.6. The Balaban J connectivity index is 1.41. The average Bonchev–Trinajstić information content (AvgIpc) is 3.40. The van der Waals surface area contributed by atoms with Gasteiger partial charge in [-0.05, 0) is 42.0 Å². The number of benzene rings is 3. The van der Waals surface area contributed by atoms with E-state index in [2.05, 4.69) is 29.2 Å². The standard InChI is InChI=1S/C32H37NO6/c1-37-29-14-12-26(31(19-29)38-2)20-33(27-17-24-6-4-5-7-25(24)18-27)21-28(34)13-15-30(35)23-10-8-22(9-11-23)16-32(36)39-3/h4-12,14,19,27-28,34H,13,15-18,20-21H2,1-3H3. The second-order valence-electron chi connectivity index (χ2n) is 10.0. The van der Waals surface area contributed by atoms with E-state index in [4.69, 9.17) is 14.2 Å². The molecule has 3 aromatic rings. The molecule has 7 nitrogen and oxygen atoms in total.